The number of benzene rings is 3. The van der Waals surface area contributed by atoms with Crippen molar-refractivity contribution in [3.05, 3.63) is 90.0 Å². The number of nitrogens with one attached hydrogen (secondary N) is 2. The van der Waals surface area contributed by atoms with Gasteiger partial charge < -0.3 is 20.3 Å². The molecule has 34 heavy (non-hydrogen) atoms. The monoisotopic (exact) mass is 457 g/mol. The summed E-state index contributed by atoms with van der Waals surface area (Å²) < 4.78 is 5.96. The number of para-hydroxylation sites is 2. The Hall–Kier alpha value is -3.80. The van der Waals surface area contributed by atoms with Crippen LogP contribution in [0.3, 0.4) is 0 Å². The lowest BCUT2D eigenvalue weighted by molar-refractivity contribution is -0.114. The van der Waals surface area contributed by atoms with E-state index in [1.165, 1.54) is 5.56 Å². The number of likely N-dealkylation sites (tertiary alicyclic amines) is 1. The predicted octanol–water partition coefficient (Wildman–Crippen LogP) is 4.98. The predicted molar refractivity (Wildman–Crippen MR) is 135 cm³/mol. The first-order chi connectivity index (χ1) is 16.7. The van der Waals surface area contributed by atoms with E-state index in [9.17, 15) is 9.59 Å². The Labute approximate surface area is 200 Å². The van der Waals surface area contributed by atoms with Gasteiger partial charge in [-0.15, -0.1) is 0 Å². The Kier molecular flexibility index (Phi) is 8.17. The highest BCUT2D eigenvalue weighted by Gasteiger charge is 2.19. The first-order valence-corrected chi connectivity index (χ1v) is 11.9. The zero-order valence-corrected chi connectivity index (χ0v) is 19.3. The molecule has 0 saturated carbocycles. The van der Waals surface area contributed by atoms with E-state index in [0.29, 0.717) is 17.9 Å². The summed E-state index contributed by atoms with van der Waals surface area (Å²) in [5.41, 5.74) is 3.39. The number of carbonyl (C=O) groups excluding carboxylic acids is 2. The van der Waals surface area contributed by atoms with Crippen molar-refractivity contribution in [2.75, 3.05) is 36.9 Å². The molecule has 0 aliphatic carbocycles. The second kappa shape index (κ2) is 11.9. The van der Waals surface area contributed by atoms with Crippen molar-refractivity contribution >= 4 is 23.2 Å². The summed E-state index contributed by atoms with van der Waals surface area (Å²) in [6.45, 7) is 2.35. The summed E-state index contributed by atoms with van der Waals surface area (Å²) in [6.07, 6.45) is 4.00. The van der Waals surface area contributed by atoms with Gasteiger partial charge in [0, 0.05) is 24.3 Å². The summed E-state index contributed by atoms with van der Waals surface area (Å²) in [6, 6.07) is 25.0. The number of amides is 2. The standard InChI is InChI=1S/C28H31N3O3/c32-27(30-24-16-14-23(15-17-24)28(33)31-18-6-7-19-31)21-29-25-12-4-5-13-26(25)34-20-8-11-22-9-2-1-3-10-22/h1-5,9-10,12-17,29H,6-8,11,18-21H2,(H,30,32). The van der Waals surface area contributed by atoms with Gasteiger partial charge in [0.05, 0.1) is 18.8 Å². The van der Waals surface area contributed by atoms with Crippen molar-refractivity contribution in [3.63, 3.8) is 0 Å². The van der Waals surface area contributed by atoms with Crippen molar-refractivity contribution in [1.29, 1.82) is 0 Å². The van der Waals surface area contributed by atoms with Crippen molar-refractivity contribution in [2.45, 2.75) is 25.7 Å². The van der Waals surface area contributed by atoms with Gasteiger partial charge in [-0.05, 0) is 67.6 Å². The molecule has 176 valence electrons. The van der Waals surface area contributed by atoms with Crippen LogP contribution in [0.1, 0.15) is 35.2 Å². The molecule has 0 radical (unpaired) electrons. The zero-order valence-electron chi connectivity index (χ0n) is 19.3. The molecule has 1 aliphatic heterocycles. The third-order valence-corrected chi connectivity index (χ3v) is 5.85. The molecule has 1 heterocycles. The lowest BCUT2D eigenvalue weighted by atomic mass is 10.1. The molecule has 2 N–H and O–H groups in total. The van der Waals surface area contributed by atoms with Crippen LogP contribution in [0.2, 0.25) is 0 Å². The molecule has 1 fully saturated rings. The topological polar surface area (TPSA) is 70.7 Å². The van der Waals surface area contributed by atoms with Gasteiger partial charge in [0.15, 0.2) is 0 Å². The van der Waals surface area contributed by atoms with E-state index in [0.717, 1.165) is 50.2 Å². The van der Waals surface area contributed by atoms with E-state index in [1.807, 2.05) is 47.4 Å². The molecule has 1 aliphatic rings. The van der Waals surface area contributed by atoms with Crippen LogP contribution in [0.5, 0.6) is 5.75 Å². The Morgan fingerprint density at radius 3 is 2.32 bits per heavy atom. The van der Waals surface area contributed by atoms with Crippen LogP contribution in [0.15, 0.2) is 78.9 Å². The minimum absolute atomic E-state index is 0.0532. The Morgan fingerprint density at radius 1 is 0.853 bits per heavy atom. The zero-order chi connectivity index (χ0) is 23.6. The maximum absolute atomic E-state index is 12.5. The van der Waals surface area contributed by atoms with Crippen molar-refractivity contribution in [2.24, 2.45) is 0 Å². The summed E-state index contributed by atoms with van der Waals surface area (Å²) >= 11 is 0. The fraction of sp³-hybridized carbons (Fsp3) is 0.286. The lowest BCUT2D eigenvalue weighted by Gasteiger charge is -2.15. The van der Waals surface area contributed by atoms with Gasteiger partial charge in [-0.25, -0.2) is 0 Å². The number of nitrogens with zero attached hydrogens (tertiary/aromatic N) is 1. The van der Waals surface area contributed by atoms with E-state index in [1.54, 1.807) is 24.3 Å². The van der Waals surface area contributed by atoms with E-state index in [4.69, 9.17) is 4.74 Å². The molecule has 3 aromatic carbocycles. The molecule has 3 aromatic rings. The van der Waals surface area contributed by atoms with Gasteiger partial charge in [0.2, 0.25) is 5.91 Å². The van der Waals surface area contributed by atoms with Crippen LogP contribution in [0.4, 0.5) is 11.4 Å². The lowest BCUT2D eigenvalue weighted by Crippen LogP contribution is -2.27. The molecule has 0 atom stereocenters. The molecular formula is C28H31N3O3. The smallest absolute Gasteiger partial charge is 0.253 e. The highest BCUT2D eigenvalue weighted by molar-refractivity contribution is 5.96. The van der Waals surface area contributed by atoms with Gasteiger partial charge in [0.25, 0.3) is 5.91 Å². The first-order valence-electron chi connectivity index (χ1n) is 11.9. The summed E-state index contributed by atoms with van der Waals surface area (Å²) in [4.78, 5) is 26.8. The third-order valence-electron chi connectivity index (χ3n) is 5.85. The van der Waals surface area contributed by atoms with Gasteiger partial charge in [0.1, 0.15) is 5.75 Å². The highest BCUT2D eigenvalue weighted by Crippen LogP contribution is 2.24. The second-order valence-corrected chi connectivity index (χ2v) is 8.41. The number of carbonyl (C=O) groups is 2. The van der Waals surface area contributed by atoms with Crippen molar-refractivity contribution in [1.82, 2.24) is 4.90 Å². The van der Waals surface area contributed by atoms with E-state index < -0.39 is 0 Å². The molecule has 1 saturated heterocycles. The normalized spacial score (nSPS) is 12.9. The fourth-order valence-corrected chi connectivity index (χ4v) is 4.02. The second-order valence-electron chi connectivity index (χ2n) is 8.41. The van der Waals surface area contributed by atoms with Crippen molar-refractivity contribution < 1.29 is 14.3 Å². The van der Waals surface area contributed by atoms with Crippen LogP contribution in [-0.4, -0.2) is 43.0 Å². The van der Waals surface area contributed by atoms with E-state index in [-0.39, 0.29) is 18.4 Å². The average Bonchev–Trinajstić information content (AvgIpc) is 3.42. The number of aryl methyl sites for hydroxylation is 1. The number of rotatable bonds is 10. The number of hydrogen-bond donors (Lipinski definition) is 2. The van der Waals surface area contributed by atoms with Crippen LogP contribution >= 0.6 is 0 Å². The Bertz CT molecular complexity index is 1080. The van der Waals surface area contributed by atoms with E-state index in [2.05, 4.69) is 22.8 Å². The average molecular weight is 458 g/mol. The SMILES string of the molecule is O=C(CNc1ccccc1OCCCc1ccccc1)Nc1ccc(C(=O)N2CCCC2)cc1. The third kappa shape index (κ3) is 6.61. The minimum Gasteiger partial charge on any atom is -0.491 e. The van der Waals surface area contributed by atoms with Crippen LogP contribution in [0.25, 0.3) is 0 Å². The fourth-order valence-electron chi connectivity index (χ4n) is 4.02. The Balaban J connectivity index is 1.23. The summed E-state index contributed by atoms with van der Waals surface area (Å²) in [5, 5.41) is 6.03. The molecule has 4 rings (SSSR count). The van der Waals surface area contributed by atoms with Crippen LogP contribution < -0.4 is 15.4 Å². The van der Waals surface area contributed by atoms with Gasteiger partial charge in [-0.2, -0.15) is 0 Å². The molecule has 0 unspecified atom stereocenters. The van der Waals surface area contributed by atoms with E-state index >= 15 is 0 Å². The Morgan fingerprint density at radius 2 is 1.56 bits per heavy atom. The van der Waals surface area contributed by atoms with Crippen molar-refractivity contribution in [3.8, 4) is 5.75 Å². The first kappa shape index (κ1) is 23.4. The number of hydrogen-bond acceptors (Lipinski definition) is 4. The summed E-state index contributed by atoms with van der Waals surface area (Å²) in [7, 11) is 0. The minimum atomic E-state index is -0.169. The maximum atomic E-state index is 12.5. The molecule has 2 amide bonds. The van der Waals surface area contributed by atoms with Gasteiger partial charge in [-0.3, -0.25) is 9.59 Å². The molecule has 0 spiro atoms. The maximum Gasteiger partial charge on any atom is 0.253 e. The molecule has 6 nitrogen and oxygen atoms in total. The van der Waals surface area contributed by atoms with Crippen LogP contribution in [-0.2, 0) is 11.2 Å². The van der Waals surface area contributed by atoms with Gasteiger partial charge >= 0.3 is 0 Å². The number of ether oxygens (including phenoxy) is 1. The van der Waals surface area contributed by atoms with Gasteiger partial charge in [-0.1, -0.05) is 42.5 Å². The largest absolute Gasteiger partial charge is 0.491 e. The van der Waals surface area contributed by atoms with Crippen LogP contribution in [0, 0.1) is 0 Å². The molecule has 0 aromatic heterocycles. The molecule has 6 heteroatoms. The quantitative estimate of drug-likeness (QED) is 0.421. The number of anilines is 2. The summed E-state index contributed by atoms with van der Waals surface area (Å²) in [5.74, 6) is 0.614. The highest BCUT2D eigenvalue weighted by atomic mass is 16.5. The molecular weight excluding hydrogens is 426 g/mol. The molecule has 0 bridgehead atoms.